The summed E-state index contributed by atoms with van der Waals surface area (Å²) < 4.78 is 42.4. The minimum Gasteiger partial charge on any atom is -0.367 e. The number of likely N-dealkylation sites (N-methyl/N-ethyl adjacent to an activating group) is 1. The molecule has 0 amide bonds. The number of nitrogens with zero attached hydrogens (tertiary/aromatic N) is 5. The van der Waals surface area contributed by atoms with Crippen LogP contribution in [-0.2, 0) is 22.9 Å². The van der Waals surface area contributed by atoms with Crippen molar-refractivity contribution in [1.29, 1.82) is 0 Å². The third-order valence-corrected chi connectivity index (χ3v) is 10.3. The molecular weight excluding hydrogens is 527 g/mol. The van der Waals surface area contributed by atoms with E-state index in [1.54, 1.807) is 31.3 Å². The Morgan fingerprint density at radius 3 is 2.45 bits per heavy atom. The van der Waals surface area contributed by atoms with Gasteiger partial charge in [-0.05, 0) is 88.5 Å². The van der Waals surface area contributed by atoms with Crippen LogP contribution in [0, 0.1) is 12.7 Å². The Hall–Kier alpha value is -3.24. The number of aromatic nitrogens is 2. The van der Waals surface area contributed by atoms with Crippen molar-refractivity contribution < 1.29 is 12.8 Å². The van der Waals surface area contributed by atoms with Crippen molar-refractivity contribution in [2.45, 2.75) is 51.7 Å². The van der Waals surface area contributed by atoms with Crippen LogP contribution in [0.4, 0.5) is 27.4 Å². The van der Waals surface area contributed by atoms with Crippen molar-refractivity contribution in [2.24, 2.45) is 0 Å². The van der Waals surface area contributed by atoms with E-state index in [4.69, 9.17) is 4.98 Å². The topological polar surface area (TPSA) is 81.7 Å². The highest BCUT2D eigenvalue weighted by Gasteiger charge is 2.37. The van der Waals surface area contributed by atoms with Crippen molar-refractivity contribution in [2.75, 3.05) is 54.3 Å². The molecule has 1 fully saturated rings. The summed E-state index contributed by atoms with van der Waals surface area (Å²) in [4.78, 5) is 13.5. The molecule has 3 heterocycles. The quantitative estimate of drug-likeness (QED) is 0.455. The van der Waals surface area contributed by atoms with E-state index in [2.05, 4.69) is 27.1 Å². The van der Waals surface area contributed by atoms with Gasteiger partial charge in [-0.25, -0.2) is 22.8 Å². The molecule has 3 aromatic rings. The standard InChI is InChI=1S/C30H39FN6O2S/c1-21-20-32-29(33-24-10-11-27(25(31)19-24)36-15-13-35(5)14-16-36)34-26(21)17-22-8-9-23-7-6-12-37(28(23)18-22)40(38,39)30(2,3)4/h8-11,18-20H,6-7,12-17H2,1-5H3,(H,32,33,34). The monoisotopic (exact) mass is 566 g/mol. The largest absolute Gasteiger partial charge is 0.367 e. The van der Waals surface area contributed by atoms with E-state index in [9.17, 15) is 8.42 Å². The summed E-state index contributed by atoms with van der Waals surface area (Å²) in [5, 5.41) is 3.15. The molecule has 0 aliphatic carbocycles. The molecule has 5 rings (SSSR count). The van der Waals surface area contributed by atoms with Gasteiger partial charge in [0.1, 0.15) is 5.82 Å². The van der Waals surface area contributed by atoms with Gasteiger partial charge in [0, 0.05) is 51.0 Å². The second kappa shape index (κ2) is 11.0. The summed E-state index contributed by atoms with van der Waals surface area (Å²) >= 11 is 0. The van der Waals surface area contributed by atoms with E-state index in [1.165, 1.54) is 6.07 Å². The lowest BCUT2D eigenvalue weighted by molar-refractivity contribution is 0.311. The van der Waals surface area contributed by atoms with Gasteiger partial charge in [0.25, 0.3) is 0 Å². The fourth-order valence-electron chi connectivity index (χ4n) is 5.20. The molecule has 10 heteroatoms. The molecule has 0 atom stereocenters. The Kier molecular flexibility index (Phi) is 7.76. The van der Waals surface area contributed by atoms with Crippen molar-refractivity contribution in [3.05, 3.63) is 70.8 Å². The maximum absolute atomic E-state index is 15.0. The summed E-state index contributed by atoms with van der Waals surface area (Å²) in [6, 6.07) is 11.2. The summed E-state index contributed by atoms with van der Waals surface area (Å²) in [5.74, 6) is 0.118. The average molecular weight is 567 g/mol. The van der Waals surface area contributed by atoms with Gasteiger partial charge in [-0.3, -0.25) is 4.31 Å². The van der Waals surface area contributed by atoms with Gasteiger partial charge in [-0.2, -0.15) is 0 Å². The number of hydrogen-bond acceptors (Lipinski definition) is 7. The molecular formula is C30H39FN6O2S. The molecule has 0 bridgehead atoms. The lowest BCUT2D eigenvalue weighted by Gasteiger charge is -2.35. The summed E-state index contributed by atoms with van der Waals surface area (Å²) in [6.07, 6.45) is 3.94. The first kappa shape index (κ1) is 28.3. The smallest absolute Gasteiger partial charge is 0.240 e. The maximum atomic E-state index is 15.0. The zero-order valence-corrected chi connectivity index (χ0v) is 24.9. The molecule has 214 valence electrons. The SMILES string of the molecule is Cc1cnc(Nc2ccc(N3CCN(C)CC3)c(F)c2)nc1Cc1ccc2c(c1)N(S(=O)(=O)C(C)(C)C)CCC2. The van der Waals surface area contributed by atoms with E-state index in [-0.39, 0.29) is 5.82 Å². The van der Waals surface area contributed by atoms with Crippen LogP contribution >= 0.6 is 0 Å². The maximum Gasteiger partial charge on any atom is 0.240 e. The summed E-state index contributed by atoms with van der Waals surface area (Å²) in [6.45, 7) is 11.1. The second-order valence-electron chi connectivity index (χ2n) is 11.8. The van der Waals surface area contributed by atoms with E-state index in [1.807, 2.05) is 37.3 Å². The van der Waals surface area contributed by atoms with Crippen LogP contribution < -0.4 is 14.5 Å². The Morgan fingerprint density at radius 1 is 1.00 bits per heavy atom. The van der Waals surface area contributed by atoms with E-state index < -0.39 is 14.8 Å². The van der Waals surface area contributed by atoms with Crippen LogP contribution in [0.1, 0.15) is 49.6 Å². The Labute approximate surface area is 237 Å². The second-order valence-corrected chi connectivity index (χ2v) is 14.5. The molecule has 0 radical (unpaired) electrons. The lowest BCUT2D eigenvalue weighted by Crippen LogP contribution is -2.45. The lowest BCUT2D eigenvalue weighted by atomic mass is 9.98. The highest BCUT2D eigenvalue weighted by atomic mass is 32.2. The first-order valence-corrected chi connectivity index (χ1v) is 15.3. The van der Waals surface area contributed by atoms with Crippen LogP contribution in [-0.4, -0.2) is 67.8 Å². The van der Waals surface area contributed by atoms with Gasteiger partial charge in [-0.15, -0.1) is 0 Å². The number of anilines is 4. The molecule has 8 nitrogen and oxygen atoms in total. The minimum atomic E-state index is -3.51. The van der Waals surface area contributed by atoms with Crippen LogP contribution in [0.3, 0.4) is 0 Å². The number of hydrogen-bond donors (Lipinski definition) is 1. The van der Waals surface area contributed by atoms with Gasteiger partial charge in [-0.1, -0.05) is 12.1 Å². The van der Waals surface area contributed by atoms with Crippen LogP contribution in [0.5, 0.6) is 0 Å². The highest BCUT2D eigenvalue weighted by Crippen LogP contribution is 2.35. The average Bonchev–Trinajstić information content (AvgIpc) is 2.90. The first-order chi connectivity index (χ1) is 18.9. The molecule has 2 aliphatic heterocycles. The number of benzene rings is 2. The zero-order valence-electron chi connectivity index (χ0n) is 24.0. The molecule has 1 saturated heterocycles. The van der Waals surface area contributed by atoms with Crippen molar-refractivity contribution >= 4 is 33.0 Å². The zero-order chi connectivity index (χ0) is 28.7. The van der Waals surface area contributed by atoms with Crippen molar-refractivity contribution in [3.63, 3.8) is 0 Å². The number of rotatable bonds is 6. The van der Waals surface area contributed by atoms with E-state index >= 15 is 4.39 Å². The first-order valence-electron chi connectivity index (χ1n) is 13.9. The molecule has 1 aromatic heterocycles. The number of fused-ring (bicyclic) bond motifs is 1. The van der Waals surface area contributed by atoms with E-state index in [0.29, 0.717) is 30.3 Å². The van der Waals surface area contributed by atoms with Crippen LogP contribution in [0.15, 0.2) is 42.6 Å². The van der Waals surface area contributed by atoms with Gasteiger partial charge in [0.2, 0.25) is 16.0 Å². The molecule has 0 saturated carbocycles. The van der Waals surface area contributed by atoms with Crippen molar-refractivity contribution in [3.8, 4) is 0 Å². The number of piperazine rings is 1. The fourth-order valence-corrected chi connectivity index (χ4v) is 6.66. The third-order valence-electron chi connectivity index (χ3n) is 7.79. The number of sulfonamides is 1. The molecule has 40 heavy (non-hydrogen) atoms. The van der Waals surface area contributed by atoms with Crippen molar-refractivity contribution in [1.82, 2.24) is 14.9 Å². The molecule has 1 N–H and O–H groups in total. The Morgan fingerprint density at radius 2 is 1.75 bits per heavy atom. The van der Waals surface area contributed by atoms with E-state index in [0.717, 1.165) is 67.1 Å². The van der Waals surface area contributed by atoms with Gasteiger partial charge in [0.15, 0.2) is 0 Å². The fraction of sp³-hybridized carbons (Fsp3) is 0.467. The Bertz CT molecular complexity index is 1500. The Balaban J connectivity index is 1.35. The third kappa shape index (κ3) is 5.78. The highest BCUT2D eigenvalue weighted by molar-refractivity contribution is 7.94. The molecule has 2 aromatic carbocycles. The number of nitrogens with one attached hydrogen (secondary N) is 1. The predicted octanol–water partition coefficient (Wildman–Crippen LogP) is 4.89. The molecule has 0 unspecified atom stereocenters. The number of aryl methyl sites for hydroxylation is 2. The molecule has 0 spiro atoms. The van der Waals surface area contributed by atoms with Crippen LogP contribution in [0.2, 0.25) is 0 Å². The van der Waals surface area contributed by atoms with Gasteiger partial charge < -0.3 is 15.1 Å². The molecule has 2 aliphatic rings. The summed E-state index contributed by atoms with van der Waals surface area (Å²) in [5.41, 5.74) is 5.74. The minimum absolute atomic E-state index is 0.272. The normalized spacial score (nSPS) is 16.6. The predicted molar refractivity (Wildman–Crippen MR) is 160 cm³/mol. The summed E-state index contributed by atoms with van der Waals surface area (Å²) in [7, 11) is -1.43. The van der Waals surface area contributed by atoms with Gasteiger partial charge in [0.05, 0.1) is 21.8 Å². The van der Waals surface area contributed by atoms with Crippen LogP contribution in [0.25, 0.3) is 0 Å². The van der Waals surface area contributed by atoms with Gasteiger partial charge >= 0.3 is 0 Å². The number of halogens is 1.